The Bertz CT molecular complexity index is 817. The summed E-state index contributed by atoms with van der Waals surface area (Å²) >= 11 is 0. The van der Waals surface area contributed by atoms with Crippen molar-refractivity contribution >= 4 is 11.8 Å². The van der Waals surface area contributed by atoms with Crippen molar-refractivity contribution in [1.29, 1.82) is 0 Å². The van der Waals surface area contributed by atoms with Crippen LogP contribution in [0.25, 0.3) is 0 Å². The first-order chi connectivity index (χ1) is 12.0. The molecule has 0 radical (unpaired) electrons. The van der Waals surface area contributed by atoms with Gasteiger partial charge in [-0.25, -0.2) is 0 Å². The van der Waals surface area contributed by atoms with Crippen LogP contribution in [0.1, 0.15) is 33.6 Å². The van der Waals surface area contributed by atoms with Crippen LogP contribution in [-0.4, -0.2) is 51.1 Å². The van der Waals surface area contributed by atoms with Gasteiger partial charge in [-0.3, -0.25) is 19.1 Å². The van der Waals surface area contributed by atoms with Crippen LogP contribution in [0, 0.1) is 5.92 Å². The predicted octanol–water partition coefficient (Wildman–Crippen LogP) is 0.391. The average molecular weight is 343 g/mol. The Morgan fingerprint density at radius 1 is 1.36 bits per heavy atom. The molecule has 2 N–H and O–H groups in total. The zero-order valence-electron chi connectivity index (χ0n) is 14.1. The normalized spacial score (nSPS) is 15.2. The first-order valence-corrected chi connectivity index (χ1v) is 8.28. The number of nitrogens with one attached hydrogen (secondary N) is 2. The summed E-state index contributed by atoms with van der Waals surface area (Å²) in [6.07, 6.45) is 6.31. The number of carbonyl (C=O) groups is 2. The minimum atomic E-state index is -0.363. The van der Waals surface area contributed by atoms with Crippen molar-refractivity contribution < 1.29 is 9.59 Å². The Morgan fingerprint density at radius 2 is 2.12 bits per heavy atom. The van der Waals surface area contributed by atoms with E-state index in [1.165, 1.54) is 12.4 Å². The monoisotopic (exact) mass is 343 g/mol. The molecule has 8 nitrogen and oxygen atoms in total. The molecule has 0 atom stereocenters. The summed E-state index contributed by atoms with van der Waals surface area (Å²) in [6, 6.07) is 3.19. The highest BCUT2D eigenvalue weighted by atomic mass is 16.2. The van der Waals surface area contributed by atoms with E-state index in [9.17, 15) is 14.4 Å². The second-order valence-corrected chi connectivity index (χ2v) is 6.26. The second-order valence-electron chi connectivity index (χ2n) is 6.26. The fourth-order valence-corrected chi connectivity index (χ4v) is 2.98. The highest BCUT2D eigenvalue weighted by Gasteiger charge is 2.25. The molecule has 0 aliphatic carbocycles. The van der Waals surface area contributed by atoms with Crippen LogP contribution in [0.15, 0.2) is 35.5 Å². The van der Waals surface area contributed by atoms with Crippen molar-refractivity contribution in [1.82, 2.24) is 25.0 Å². The van der Waals surface area contributed by atoms with Crippen LogP contribution in [0.4, 0.5) is 0 Å². The van der Waals surface area contributed by atoms with Gasteiger partial charge < -0.3 is 15.2 Å². The maximum absolute atomic E-state index is 12.4. The molecule has 3 rings (SSSR count). The number of hydrogen-bond donors (Lipinski definition) is 2. The number of pyridine rings is 1. The summed E-state index contributed by atoms with van der Waals surface area (Å²) in [7, 11) is 1.77. The quantitative estimate of drug-likeness (QED) is 0.839. The zero-order valence-corrected chi connectivity index (χ0v) is 14.1. The minimum Gasteiger partial charge on any atom is -0.352 e. The molecule has 2 aromatic heterocycles. The number of rotatable bonds is 4. The van der Waals surface area contributed by atoms with Crippen molar-refractivity contribution in [3.05, 3.63) is 52.2 Å². The van der Waals surface area contributed by atoms with Gasteiger partial charge >= 0.3 is 0 Å². The summed E-state index contributed by atoms with van der Waals surface area (Å²) in [5.41, 5.74) is 0.350. The lowest BCUT2D eigenvalue weighted by molar-refractivity contribution is 0.0682. The van der Waals surface area contributed by atoms with Gasteiger partial charge in [0.15, 0.2) is 0 Å². The lowest BCUT2D eigenvalue weighted by Gasteiger charge is -2.32. The number of aromatic amines is 1. The van der Waals surface area contributed by atoms with E-state index in [4.69, 9.17) is 0 Å². The molecule has 0 aromatic carbocycles. The van der Waals surface area contributed by atoms with Crippen molar-refractivity contribution in [2.75, 3.05) is 19.6 Å². The number of aromatic nitrogens is 3. The van der Waals surface area contributed by atoms with E-state index >= 15 is 0 Å². The molecule has 2 aromatic rings. The zero-order chi connectivity index (χ0) is 17.8. The van der Waals surface area contributed by atoms with Gasteiger partial charge in [0.25, 0.3) is 17.4 Å². The molecule has 132 valence electrons. The molecule has 1 aliphatic rings. The first-order valence-electron chi connectivity index (χ1n) is 8.28. The summed E-state index contributed by atoms with van der Waals surface area (Å²) in [5.74, 6) is -0.0548. The van der Waals surface area contributed by atoms with Gasteiger partial charge in [-0.05, 0) is 30.9 Å². The molecule has 0 bridgehead atoms. The molecule has 2 amide bonds. The maximum Gasteiger partial charge on any atom is 0.260 e. The number of carbonyl (C=O) groups excluding carboxylic acids is 2. The largest absolute Gasteiger partial charge is 0.352 e. The Kier molecular flexibility index (Phi) is 4.97. The van der Waals surface area contributed by atoms with Gasteiger partial charge in [0, 0.05) is 39.1 Å². The lowest BCUT2D eigenvalue weighted by Crippen LogP contribution is -2.42. The topological polar surface area (TPSA) is 100 Å². The first kappa shape index (κ1) is 16.9. The third-order valence-corrected chi connectivity index (χ3v) is 4.47. The van der Waals surface area contributed by atoms with E-state index in [2.05, 4.69) is 15.4 Å². The smallest absolute Gasteiger partial charge is 0.260 e. The molecule has 0 saturated carbocycles. The van der Waals surface area contributed by atoms with Crippen molar-refractivity contribution in [2.24, 2.45) is 13.0 Å². The summed E-state index contributed by atoms with van der Waals surface area (Å²) < 4.78 is 1.59. The van der Waals surface area contributed by atoms with Crippen molar-refractivity contribution in [3.63, 3.8) is 0 Å². The standard InChI is InChI=1S/C17H21N5O3/c1-21-11-13(10-20-21)15(23)19-9-12-4-7-22(8-5-12)17(25)14-3-2-6-18-16(14)24/h2-3,6,10-12H,4-5,7-9H2,1H3,(H,18,24)(H,19,23). The van der Waals surface area contributed by atoms with Gasteiger partial charge in [0.2, 0.25) is 0 Å². The molecule has 1 aliphatic heterocycles. The number of H-pyrrole nitrogens is 1. The van der Waals surface area contributed by atoms with Crippen molar-refractivity contribution in [2.45, 2.75) is 12.8 Å². The summed E-state index contributed by atoms with van der Waals surface area (Å²) in [5, 5.41) is 6.90. The fraction of sp³-hybridized carbons (Fsp3) is 0.412. The Morgan fingerprint density at radius 3 is 2.76 bits per heavy atom. The van der Waals surface area contributed by atoms with Gasteiger partial charge in [-0.2, -0.15) is 5.10 Å². The van der Waals surface area contributed by atoms with Gasteiger partial charge in [-0.15, -0.1) is 0 Å². The molecule has 25 heavy (non-hydrogen) atoms. The lowest BCUT2D eigenvalue weighted by atomic mass is 9.96. The molecule has 3 heterocycles. The van der Waals surface area contributed by atoms with Crippen LogP contribution >= 0.6 is 0 Å². The molecular weight excluding hydrogens is 322 g/mol. The molecular formula is C17H21N5O3. The van der Waals surface area contributed by atoms with E-state index < -0.39 is 0 Å². The molecule has 1 fully saturated rings. The Balaban J connectivity index is 1.49. The van der Waals surface area contributed by atoms with E-state index in [0.29, 0.717) is 31.1 Å². The van der Waals surface area contributed by atoms with E-state index in [-0.39, 0.29) is 22.9 Å². The van der Waals surface area contributed by atoms with Crippen LogP contribution in [-0.2, 0) is 7.05 Å². The molecule has 0 unspecified atom stereocenters. The number of aryl methyl sites for hydroxylation is 1. The summed E-state index contributed by atoms with van der Waals surface area (Å²) in [6.45, 7) is 1.74. The minimum absolute atomic E-state index is 0.137. The van der Waals surface area contributed by atoms with Crippen LogP contribution in [0.5, 0.6) is 0 Å². The van der Waals surface area contributed by atoms with Crippen LogP contribution < -0.4 is 10.9 Å². The third kappa shape index (κ3) is 3.96. The van der Waals surface area contributed by atoms with E-state index in [1.54, 1.807) is 35.0 Å². The highest BCUT2D eigenvalue weighted by Crippen LogP contribution is 2.18. The highest BCUT2D eigenvalue weighted by molar-refractivity contribution is 5.94. The Hall–Kier alpha value is -2.90. The van der Waals surface area contributed by atoms with E-state index in [0.717, 1.165) is 12.8 Å². The van der Waals surface area contributed by atoms with E-state index in [1.807, 2.05) is 0 Å². The Labute approximate surface area is 144 Å². The number of piperidine rings is 1. The molecule has 0 spiro atoms. The van der Waals surface area contributed by atoms with Crippen molar-refractivity contribution in [3.8, 4) is 0 Å². The van der Waals surface area contributed by atoms with Crippen LogP contribution in [0.2, 0.25) is 0 Å². The van der Waals surface area contributed by atoms with Crippen LogP contribution in [0.3, 0.4) is 0 Å². The second kappa shape index (κ2) is 7.33. The van der Waals surface area contributed by atoms with Gasteiger partial charge in [0.05, 0.1) is 11.8 Å². The van der Waals surface area contributed by atoms with Gasteiger partial charge in [-0.1, -0.05) is 0 Å². The summed E-state index contributed by atoms with van der Waals surface area (Å²) in [4.78, 5) is 40.4. The maximum atomic E-state index is 12.4. The predicted molar refractivity (Wildman–Crippen MR) is 91.2 cm³/mol. The SMILES string of the molecule is Cn1cc(C(=O)NCC2CCN(C(=O)c3ccc[nH]c3=O)CC2)cn1. The average Bonchev–Trinajstić information content (AvgIpc) is 3.06. The number of hydrogen-bond acceptors (Lipinski definition) is 4. The number of amides is 2. The fourth-order valence-electron chi connectivity index (χ4n) is 2.98. The van der Waals surface area contributed by atoms with Gasteiger partial charge in [0.1, 0.15) is 5.56 Å². The third-order valence-electron chi connectivity index (χ3n) is 4.47. The number of likely N-dealkylation sites (tertiary alicyclic amines) is 1. The molecule has 1 saturated heterocycles. The molecule has 8 heteroatoms. The number of nitrogens with zero attached hydrogens (tertiary/aromatic N) is 3.